The normalized spacial score (nSPS) is 27.3. The van der Waals surface area contributed by atoms with Crippen LogP contribution in [0.25, 0.3) is 22.1 Å². The van der Waals surface area contributed by atoms with Gasteiger partial charge in [-0.2, -0.15) is 0 Å². The summed E-state index contributed by atoms with van der Waals surface area (Å²) in [7, 11) is 0. The maximum Gasteiger partial charge on any atom is 0.324 e. The van der Waals surface area contributed by atoms with E-state index >= 15 is 0 Å². The minimum Gasteiger partial charge on any atom is -0.340 e. The van der Waals surface area contributed by atoms with Crippen LogP contribution in [-0.2, 0) is 22.6 Å². The molecule has 2 saturated carbocycles. The van der Waals surface area contributed by atoms with Gasteiger partial charge in [-0.3, -0.25) is 14.5 Å². The summed E-state index contributed by atoms with van der Waals surface area (Å²) in [5, 5.41) is 0. The van der Waals surface area contributed by atoms with E-state index in [9.17, 15) is 14.4 Å². The molecule has 7 atom stereocenters. The highest BCUT2D eigenvalue weighted by Gasteiger charge is 2.55. The van der Waals surface area contributed by atoms with Crippen molar-refractivity contribution in [3.63, 3.8) is 0 Å². The van der Waals surface area contributed by atoms with Gasteiger partial charge in [-0.05, 0) is 85.4 Å². The summed E-state index contributed by atoms with van der Waals surface area (Å²) in [5.41, 5.74) is 6.57. The van der Waals surface area contributed by atoms with Gasteiger partial charge in [0.1, 0.15) is 11.6 Å². The van der Waals surface area contributed by atoms with E-state index in [-0.39, 0.29) is 29.9 Å². The first-order valence-corrected chi connectivity index (χ1v) is 18.1. The lowest BCUT2D eigenvalue weighted by molar-refractivity contribution is -0.137. The van der Waals surface area contributed by atoms with E-state index in [2.05, 4.69) is 33.1 Å². The minimum absolute atomic E-state index is 0.0166. The quantitative estimate of drug-likeness (QED) is 0.195. The van der Waals surface area contributed by atoms with Crippen LogP contribution in [-0.4, -0.2) is 78.2 Å². The highest BCUT2D eigenvalue weighted by atomic mass is 16.2. The SMILES string of the molecule is CC(Cc1ccccc1)C(=O)N1C(c2nc3ccc(N4CCN(Cc5ccc6nc(C7CC8CC8N7C=O)[nH]c6c5)C4=O)cc3[nH]2)CC2CC21. The molecule has 2 aliphatic carbocycles. The molecule has 2 aromatic heterocycles. The number of piperidine rings is 2. The average molecular weight is 669 g/mol. The molecule has 0 bridgehead atoms. The summed E-state index contributed by atoms with van der Waals surface area (Å²) < 4.78 is 0. The fourth-order valence-electron chi connectivity index (χ4n) is 9.09. The topological polar surface area (TPSA) is 122 Å². The number of H-pyrrole nitrogens is 2. The lowest BCUT2D eigenvalue weighted by Gasteiger charge is -2.29. The number of fused-ring (bicyclic) bond motifs is 4. The lowest BCUT2D eigenvalue weighted by atomic mass is 9.99. The second-order valence-corrected chi connectivity index (χ2v) is 15.2. The second-order valence-electron chi connectivity index (χ2n) is 15.2. The molecule has 254 valence electrons. The van der Waals surface area contributed by atoms with E-state index in [0.29, 0.717) is 43.6 Å². The van der Waals surface area contributed by atoms with Crippen molar-refractivity contribution in [2.45, 2.75) is 69.7 Å². The summed E-state index contributed by atoms with van der Waals surface area (Å²) in [4.78, 5) is 63.7. The average Bonchev–Trinajstić information content (AvgIpc) is 3.68. The number of rotatable bonds is 9. The predicted octanol–water partition coefficient (Wildman–Crippen LogP) is 5.71. The van der Waals surface area contributed by atoms with Crippen molar-refractivity contribution >= 4 is 46.1 Å². The summed E-state index contributed by atoms with van der Waals surface area (Å²) in [6, 6.07) is 22.9. The van der Waals surface area contributed by atoms with Gasteiger partial charge in [0.05, 0.1) is 34.2 Å². The number of imidazole rings is 2. The number of likely N-dealkylation sites (tertiary alicyclic amines) is 2. The molecular weight excluding hydrogens is 628 g/mol. The Labute approximate surface area is 289 Å². The van der Waals surface area contributed by atoms with Gasteiger partial charge in [0.2, 0.25) is 12.3 Å². The number of nitrogens with one attached hydrogen (secondary N) is 2. The van der Waals surface area contributed by atoms with E-state index in [4.69, 9.17) is 9.97 Å². The van der Waals surface area contributed by atoms with Crippen LogP contribution < -0.4 is 4.90 Å². The van der Waals surface area contributed by atoms with Crippen LogP contribution in [0.4, 0.5) is 10.5 Å². The van der Waals surface area contributed by atoms with Crippen molar-refractivity contribution in [1.82, 2.24) is 34.6 Å². The van der Waals surface area contributed by atoms with Crippen molar-refractivity contribution in [2.75, 3.05) is 18.0 Å². The zero-order valence-electron chi connectivity index (χ0n) is 28.0. The molecule has 10 rings (SSSR count). The van der Waals surface area contributed by atoms with Gasteiger partial charge in [-0.15, -0.1) is 0 Å². The molecule has 3 aliphatic heterocycles. The van der Waals surface area contributed by atoms with Crippen LogP contribution in [0.1, 0.15) is 67.5 Å². The highest BCUT2D eigenvalue weighted by Crippen LogP contribution is 2.54. The monoisotopic (exact) mass is 668 g/mol. The molecule has 50 heavy (non-hydrogen) atoms. The van der Waals surface area contributed by atoms with Crippen molar-refractivity contribution in [3.8, 4) is 0 Å². The number of aromatic amines is 2. The first-order chi connectivity index (χ1) is 24.4. The Morgan fingerprint density at radius 2 is 1.54 bits per heavy atom. The van der Waals surface area contributed by atoms with Gasteiger partial charge < -0.3 is 24.7 Å². The summed E-state index contributed by atoms with van der Waals surface area (Å²) in [5.74, 6) is 2.93. The number of aromatic nitrogens is 4. The number of benzene rings is 3. The van der Waals surface area contributed by atoms with E-state index in [1.165, 1.54) is 5.56 Å². The molecule has 7 unspecified atom stereocenters. The molecule has 11 nitrogen and oxygen atoms in total. The molecule has 0 spiro atoms. The summed E-state index contributed by atoms with van der Waals surface area (Å²) in [6.45, 7) is 3.76. The van der Waals surface area contributed by atoms with Crippen LogP contribution in [0.2, 0.25) is 0 Å². The van der Waals surface area contributed by atoms with Gasteiger partial charge in [-0.25, -0.2) is 14.8 Å². The number of hydrogen-bond acceptors (Lipinski definition) is 5. The molecule has 3 saturated heterocycles. The summed E-state index contributed by atoms with van der Waals surface area (Å²) >= 11 is 0. The molecule has 5 heterocycles. The number of anilines is 1. The Hall–Kier alpha value is -5.19. The van der Waals surface area contributed by atoms with Crippen LogP contribution >= 0.6 is 0 Å². The van der Waals surface area contributed by atoms with Crippen LogP contribution in [0.5, 0.6) is 0 Å². The van der Waals surface area contributed by atoms with Gasteiger partial charge in [0, 0.05) is 43.3 Å². The molecule has 3 aromatic carbocycles. The predicted molar refractivity (Wildman–Crippen MR) is 188 cm³/mol. The van der Waals surface area contributed by atoms with Crippen molar-refractivity contribution in [1.29, 1.82) is 0 Å². The number of nitrogens with zero attached hydrogens (tertiary/aromatic N) is 6. The van der Waals surface area contributed by atoms with E-state index in [1.54, 1.807) is 0 Å². The third-order valence-electron chi connectivity index (χ3n) is 11.9. The first-order valence-electron chi connectivity index (χ1n) is 18.1. The van der Waals surface area contributed by atoms with Crippen LogP contribution in [0.3, 0.4) is 0 Å². The zero-order valence-corrected chi connectivity index (χ0v) is 28.0. The van der Waals surface area contributed by atoms with E-state index in [0.717, 1.165) is 83.5 Å². The third kappa shape index (κ3) is 4.88. The molecule has 11 heteroatoms. The fourth-order valence-corrected chi connectivity index (χ4v) is 9.09. The largest absolute Gasteiger partial charge is 0.340 e. The van der Waals surface area contributed by atoms with Gasteiger partial charge in [0.15, 0.2) is 0 Å². The number of amides is 4. The Morgan fingerprint density at radius 3 is 2.34 bits per heavy atom. The van der Waals surface area contributed by atoms with Crippen molar-refractivity contribution in [3.05, 3.63) is 89.5 Å². The number of carbonyl (C=O) groups excluding carboxylic acids is 3. The van der Waals surface area contributed by atoms with Crippen molar-refractivity contribution in [2.24, 2.45) is 17.8 Å². The van der Waals surface area contributed by atoms with E-state index < -0.39 is 0 Å². The maximum absolute atomic E-state index is 13.8. The third-order valence-corrected chi connectivity index (χ3v) is 11.9. The van der Waals surface area contributed by atoms with Gasteiger partial charge in [-0.1, -0.05) is 43.3 Å². The second kappa shape index (κ2) is 11.2. The minimum atomic E-state index is -0.102. The van der Waals surface area contributed by atoms with Crippen molar-refractivity contribution < 1.29 is 14.4 Å². The van der Waals surface area contributed by atoms with Crippen LogP contribution in [0, 0.1) is 17.8 Å². The molecule has 5 fully saturated rings. The standard InChI is InChI=1S/C39H40N8O3/c1-22(13-23-5-3-2-4-6-23)38(49)47-33-16-26(33)18-35(47)37-41-29-10-8-27(19-31(29)43-37)45-12-11-44(39(45)50)20-24-7-9-28-30(14-24)42-36(40-28)34-17-25-15-32(25)46(34)21-48/h2-10,14,19,21-22,25-26,32-35H,11-13,15-18,20H2,1H3,(H,40,42)(H,41,43). The highest BCUT2D eigenvalue weighted by molar-refractivity contribution is 5.96. The van der Waals surface area contributed by atoms with Crippen LogP contribution in [0.15, 0.2) is 66.7 Å². The molecular formula is C39H40N8O3. The maximum atomic E-state index is 13.8. The summed E-state index contributed by atoms with van der Waals surface area (Å²) in [6.07, 6.45) is 5.79. The molecule has 2 N–H and O–H groups in total. The number of urea groups is 1. The number of carbonyl (C=O) groups is 3. The molecule has 5 aromatic rings. The Morgan fingerprint density at radius 1 is 0.840 bits per heavy atom. The first kappa shape index (κ1) is 29.7. The smallest absolute Gasteiger partial charge is 0.324 e. The Bertz CT molecular complexity index is 2160. The molecule has 0 radical (unpaired) electrons. The van der Waals surface area contributed by atoms with E-state index in [1.807, 2.05) is 70.2 Å². The Kier molecular flexibility index (Phi) is 6.63. The zero-order chi connectivity index (χ0) is 33.7. The number of hydrogen-bond donors (Lipinski definition) is 2. The fraction of sp³-hybridized carbons (Fsp3) is 0.410. The molecule has 5 aliphatic rings. The van der Waals surface area contributed by atoms with Gasteiger partial charge >= 0.3 is 6.03 Å². The van der Waals surface area contributed by atoms with Gasteiger partial charge in [0.25, 0.3) is 0 Å². The Balaban J connectivity index is 0.831. The molecule has 4 amide bonds. The lowest BCUT2D eigenvalue weighted by Crippen LogP contribution is -2.38.